The number of benzene rings is 2. The third-order valence-electron chi connectivity index (χ3n) is 5.34. The zero-order valence-electron chi connectivity index (χ0n) is 19.4. The maximum Gasteiger partial charge on any atom is 0.264 e. The van der Waals surface area contributed by atoms with E-state index in [2.05, 4.69) is 46.8 Å². The van der Waals surface area contributed by atoms with Crippen molar-refractivity contribution in [3.05, 3.63) is 77.8 Å². The summed E-state index contributed by atoms with van der Waals surface area (Å²) in [5.74, 6) is -0.231. The molecular weight excluding hydrogens is 452 g/mol. The van der Waals surface area contributed by atoms with Crippen molar-refractivity contribution in [1.29, 1.82) is 0 Å². The Hall–Kier alpha value is -3.72. The lowest BCUT2D eigenvalue weighted by Crippen LogP contribution is -2.16. The van der Waals surface area contributed by atoms with Gasteiger partial charge < -0.3 is 9.73 Å². The zero-order valence-corrected chi connectivity index (χ0v) is 20.2. The smallest absolute Gasteiger partial charge is 0.264 e. The van der Waals surface area contributed by atoms with Crippen LogP contribution in [-0.2, 0) is 26.7 Å². The van der Waals surface area contributed by atoms with Crippen LogP contribution in [0.25, 0.3) is 11.0 Å². The minimum absolute atomic E-state index is 0.000615. The summed E-state index contributed by atoms with van der Waals surface area (Å²) in [5, 5.41) is 3.72. The summed E-state index contributed by atoms with van der Waals surface area (Å²) in [6.45, 7) is 8.14. The number of nitrogens with one attached hydrogen (secondary N) is 2. The van der Waals surface area contributed by atoms with Gasteiger partial charge >= 0.3 is 0 Å². The number of rotatable bonds is 6. The highest BCUT2D eigenvalue weighted by atomic mass is 32.2. The Labute approximate surface area is 198 Å². The molecule has 2 aromatic carbocycles. The molecule has 4 rings (SSSR count). The van der Waals surface area contributed by atoms with Crippen LogP contribution < -0.4 is 10.0 Å². The highest BCUT2D eigenvalue weighted by Gasteiger charge is 2.18. The molecule has 9 heteroatoms. The number of anilines is 2. The summed E-state index contributed by atoms with van der Waals surface area (Å²) in [6.07, 6.45) is 3.21. The molecule has 0 aliphatic heterocycles. The van der Waals surface area contributed by atoms with Gasteiger partial charge in [0.15, 0.2) is 0 Å². The third-order valence-corrected chi connectivity index (χ3v) is 6.68. The van der Waals surface area contributed by atoms with Crippen molar-refractivity contribution < 1.29 is 17.6 Å². The van der Waals surface area contributed by atoms with Crippen LogP contribution in [0.1, 0.15) is 37.6 Å². The Kier molecular flexibility index (Phi) is 6.14. The highest BCUT2D eigenvalue weighted by molar-refractivity contribution is 7.92. The number of furan rings is 1. The van der Waals surface area contributed by atoms with Crippen LogP contribution in [0.15, 0.2) is 70.3 Å². The number of hydrogen-bond acceptors (Lipinski definition) is 6. The molecule has 0 saturated heterocycles. The number of carbonyl (C=O) groups excluding carboxylic acids is 1. The summed E-state index contributed by atoms with van der Waals surface area (Å²) in [7, 11) is -3.86. The standard InChI is InChI=1S/C25H26N4O4S/c1-16-11-12-26-24(27-16)29-34(31,32)20-8-6-19(7-9-20)28-23(30)13-17-15-33-22-10-5-18(14-21(17)22)25(2,3)4/h5-12,14-15H,13H2,1-4H3,(H,28,30)(H,26,27,29). The van der Waals surface area contributed by atoms with E-state index in [1.165, 1.54) is 30.5 Å². The van der Waals surface area contributed by atoms with Gasteiger partial charge in [0, 0.05) is 28.5 Å². The topological polar surface area (TPSA) is 114 Å². The van der Waals surface area contributed by atoms with Crippen LogP contribution in [0.5, 0.6) is 0 Å². The van der Waals surface area contributed by atoms with Crippen LogP contribution in [0.4, 0.5) is 11.6 Å². The fraction of sp³-hybridized carbons (Fsp3) is 0.240. The maximum absolute atomic E-state index is 12.7. The first-order chi connectivity index (χ1) is 16.0. The average Bonchev–Trinajstić information content (AvgIpc) is 3.15. The van der Waals surface area contributed by atoms with Crippen molar-refractivity contribution in [2.45, 2.75) is 44.4 Å². The summed E-state index contributed by atoms with van der Waals surface area (Å²) in [6, 6.07) is 13.6. The van der Waals surface area contributed by atoms with Crippen LogP contribution in [-0.4, -0.2) is 24.3 Å². The molecule has 0 spiro atoms. The molecule has 0 aliphatic rings. The molecule has 2 aromatic heterocycles. The highest BCUT2D eigenvalue weighted by Crippen LogP contribution is 2.29. The first kappa shape index (κ1) is 23.4. The molecule has 1 amide bonds. The van der Waals surface area contributed by atoms with Crippen LogP contribution in [0.3, 0.4) is 0 Å². The fourth-order valence-electron chi connectivity index (χ4n) is 3.46. The minimum atomic E-state index is -3.86. The predicted octanol–water partition coefficient (Wildman–Crippen LogP) is 4.81. The second kappa shape index (κ2) is 8.90. The van der Waals surface area contributed by atoms with Gasteiger partial charge in [-0.25, -0.2) is 23.1 Å². The number of aromatic nitrogens is 2. The van der Waals surface area contributed by atoms with E-state index in [1.807, 2.05) is 12.1 Å². The van der Waals surface area contributed by atoms with Crippen molar-refractivity contribution in [3.8, 4) is 0 Å². The molecule has 0 saturated carbocycles. The summed E-state index contributed by atoms with van der Waals surface area (Å²) >= 11 is 0. The molecule has 2 heterocycles. The SMILES string of the molecule is Cc1ccnc(NS(=O)(=O)c2ccc(NC(=O)Cc3coc4ccc(C(C)(C)C)cc34)cc2)n1. The number of aryl methyl sites for hydroxylation is 1. The van der Waals surface area contributed by atoms with Gasteiger partial charge in [0.25, 0.3) is 10.0 Å². The normalized spacial score (nSPS) is 12.0. The lowest BCUT2D eigenvalue weighted by atomic mass is 9.86. The van der Waals surface area contributed by atoms with E-state index in [9.17, 15) is 13.2 Å². The Morgan fingerprint density at radius 3 is 2.47 bits per heavy atom. The van der Waals surface area contributed by atoms with Crippen molar-refractivity contribution >= 4 is 38.5 Å². The lowest BCUT2D eigenvalue weighted by molar-refractivity contribution is -0.115. The van der Waals surface area contributed by atoms with Crippen molar-refractivity contribution in [3.63, 3.8) is 0 Å². The average molecular weight is 479 g/mol. The van der Waals surface area contributed by atoms with Crippen LogP contribution in [0.2, 0.25) is 0 Å². The predicted molar refractivity (Wildman–Crippen MR) is 131 cm³/mol. The number of hydrogen-bond donors (Lipinski definition) is 2. The van der Waals surface area contributed by atoms with E-state index in [0.29, 0.717) is 11.4 Å². The maximum atomic E-state index is 12.7. The Balaban J connectivity index is 1.45. The number of nitrogens with zero attached hydrogens (tertiary/aromatic N) is 2. The third kappa shape index (κ3) is 5.26. The monoisotopic (exact) mass is 478 g/mol. The summed E-state index contributed by atoms with van der Waals surface area (Å²) in [5.41, 5.74) is 3.79. The Morgan fingerprint density at radius 1 is 1.06 bits per heavy atom. The quantitative estimate of drug-likeness (QED) is 0.411. The van der Waals surface area contributed by atoms with Gasteiger partial charge in [0.1, 0.15) is 5.58 Å². The molecule has 0 aliphatic carbocycles. The number of fused-ring (bicyclic) bond motifs is 1. The fourth-order valence-corrected chi connectivity index (χ4v) is 4.41. The molecule has 8 nitrogen and oxygen atoms in total. The van der Waals surface area contributed by atoms with E-state index in [-0.39, 0.29) is 28.6 Å². The van der Waals surface area contributed by atoms with Gasteiger partial charge in [-0.3, -0.25) is 4.79 Å². The van der Waals surface area contributed by atoms with E-state index in [0.717, 1.165) is 22.1 Å². The number of carbonyl (C=O) groups is 1. The van der Waals surface area contributed by atoms with Crippen LogP contribution in [0, 0.1) is 6.92 Å². The van der Waals surface area contributed by atoms with Crippen molar-refractivity contribution in [1.82, 2.24) is 9.97 Å². The van der Waals surface area contributed by atoms with Crippen molar-refractivity contribution in [2.75, 3.05) is 10.0 Å². The minimum Gasteiger partial charge on any atom is -0.464 e. The van der Waals surface area contributed by atoms with Gasteiger partial charge in [-0.05, 0) is 60.4 Å². The molecule has 0 atom stereocenters. The molecule has 0 unspecified atom stereocenters. The molecular formula is C25H26N4O4S. The van der Waals surface area contributed by atoms with E-state index >= 15 is 0 Å². The van der Waals surface area contributed by atoms with Gasteiger partial charge in [-0.2, -0.15) is 0 Å². The zero-order chi connectivity index (χ0) is 24.5. The second-order valence-corrected chi connectivity index (χ2v) is 10.8. The van der Waals surface area contributed by atoms with E-state index in [4.69, 9.17) is 4.42 Å². The van der Waals surface area contributed by atoms with E-state index < -0.39 is 10.0 Å². The van der Waals surface area contributed by atoms with Crippen molar-refractivity contribution in [2.24, 2.45) is 0 Å². The molecule has 4 aromatic rings. The lowest BCUT2D eigenvalue weighted by Gasteiger charge is -2.18. The van der Waals surface area contributed by atoms with Gasteiger partial charge in [0.2, 0.25) is 11.9 Å². The molecule has 176 valence electrons. The Bertz CT molecular complexity index is 1450. The summed E-state index contributed by atoms with van der Waals surface area (Å²) in [4.78, 5) is 20.7. The molecule has 0 fully saturated rings. The molecule has 0 radical (unpaired) electrons. The second-order valence-electron chi connectivity index (χ2n) is 9.10. The van der Waals surface area contributed by atoms with Gasteiger partial charge in [-0.1, -0.05) is 26.8 Å². The first-order valence-corrected chi connectivity index (χ1v) is 12.2. The van der Waals surface area contributed by atoms with Gasteiger partial charge in [0.05, 0.1) is 17.6 Å². The molecule has 2 N–H and O–H groups in total. The number of amides is 1. The molecule has 34 heavy (non-hydrogen) atoms. The first-order valence-electron chi connectivity index (χ1n) is 10.7. The van der Waals surface area contributed by atoms with Gasteiger partial charge in [-0.15, -0.1) is 0 Å². The molecule has 0 bridgehead atoms. The van der Waals surface area contributed by atoms with Crippen LogP contribution >= 0.6 is 0 Å². The largest absolute Gasteiger partial charge is 0.464 e. The number of sulfonamides is 1. The Morgan fingerprint density at radius 2 is 1.79 bits per heavy atom. The van der Waals surface area contributed by atoms with E-state index in [1.54, 1.807) is 19.3 Å². The summed E-state index contributed by atoms with van der Waals surface area (Å²) < 4.78 is 33.1.